The van der Waals surface area contributed by atoms with Gasteiger partial charge in [-0.05, 0) is 69.7 Å². The molecule has 0 heterocycles. The molecule has 0 aliphatic carbocycles. The lowest BCUT2D eigenvalue weighted by molar-refractivity contribution is -0.139. The Morgan fingerprint density at radius 1 is 0.950 bits per heavy atom. The monoisotopic (exact) mass is 605 g/mol. The second kappa shape index (κ2) is 13.4. The molecule has 0 aliphatic heterocycles. The van der Waals surface area contributed by atoms with Crippen LogP contribution in [0.2, 0.25) is 10.0 Å². The topological polar surface area (TPSA) is 96.0 Å². The number of nitrogens with one attached hydrogen (secondary N) is 1. The third kappa shape index (κ3) is 7.68. The van der Waals surface area contributed by atoms with E-state index in [1.807, 2.05) is 20.8 Å². The van der Waals surface area contributed by atoms with Gasteiger partial charge in [0.05, 0.1) is 27.7 Å². The Bertz CT molecular complexity index is 1460. The normalized spacial score (nSPS) is 12.1. The van der Waals surface area contributed by atoms with Gasteiger partial charge in [0, 0.05) is 18.7 Å². The first-order chi connectivity index (χ1) is 18.8. The van der Waals surface area contributed by atoms with E-state index >= 15 is 0 Å². The Morgan fingerprint density at radius 3 is 2.23 bits per heavy atom. The number of carbonyl (C=O) groups is 2. The Balaban J connectivity index is 2.06. The van der Waals surface area contributed by atoms with Crippen molar-refractivity contribution in [1.82, 2.24) is 10.2 Å². The van der Waals surface area contributed by atoms with Crippen LogP contribution in [0.5, 0.6) is 5.75 Å². The lowest BCUT2D eigenvalue weighted by Crippen LogP contribution is -2.52. The molecule has 11 heteroatoms. The average Bonchev–Trinajstić information content (AvgIpc) is 2.91. The van der Waals surface area contributed by atoms with Crippen molar-refractivity contribution in [3.8, 4) is 5.75 Å². The molecule has 0 bridgehead atoms. The molecular weight excluding hydrogens is 573 g/mol. The molecule has 0 fully saturated rings. The van der Waals surface area contributed by atoms with E-state index in [-0.39, 0.29) is 29.1 Å². The van der Waals surface area contributed by atoms with Gasteiger partial charge in [-0.2, -0.15) is 0 Å². The fourth-order valence-electron chi connectivity index (χ4n) is 3.95. The second-order valence-electron chi connectivity index (χ2n) is 9.64. The summed E-state index contributed by atoms with van der Waals surface area (Å²) in [5, 5.41) is 3.46. The molecule has 40 heavy (non-hydrogen) atoms. The smallest absolute Gasteiger partial charge is 0.264 e. The fourth-order valence-corrected chi connectivity index (χ4v) is 5.68. The highest BCUT2D eigenvalue weighted by Gasteiger charge is 2.33. The van der Waals surface area contributed by atoms with Crippen LogP contribution in [-0.4, -0.2) is 50.9 Å². The minimum absolute atomic E-state index is 0.00106. The number of sulfonamides is 1. The lowest BCUT2D eigenvalue weighted by atomic mass is 10.1. The number of halogens is 2. The summed E-state index contributed by atoms with van der Waals surface area (Å²) in [7, 11) is -2.71. The van der Waals surface area contributed by atoms with Crippen LogP contribution >= 0.6 is 23.2 Å². The molecule has 214 valence electrons. The SMILES string of the molecule is COc1cccc(N(CC(=O)N(Cc2ccc(Cl)c(Cl)c2)[C@@H](C)C(=O)NC(C)C)S(=O)(=O)c2ccc(C)cc2)c1. The molecule has 1 atom stereocenters. The number of anilines is 1. The van der Waals surface area contributed by atoms with Gasteiger partial charge >= 0.3 is 0 Å². The fraction of sp³-hybridized carbons (Fsp3) is 0.310. The van der Waals surface area contributed by atoms with E-state index in [0.717, 1.165) is 9.87 Å². The predicted octanol–water partition coefficient (Wildman–Crippen LogP) is 5.45. The summed E-state index contributed by atoms with van der Waals surface area (Å²) in [6, 6.07) is 16.6. The van der Waals surface area contributed by atoms with Crippen LogP contribution in [0.15, 0.2) is 71.6 Å². The number of hydrogen-bond acceptors (Lipinski definition) is 5. The maximum Gasteiger partial charge on any atom is 0.264 e. The maximum absolute atomic E-state index is 14.0. The summed E-state index contributed by atoms with van der Waals surface area (Å²) < 4.78 is 34.1. The molecule has 3 aromatic rings. The number of benzene rings is 3. The number of nitrogens with zero attached hydrogens (tertiary/aromatic N) is 2. The molecule has 2 amide bonds. The summed E-state index contributed by atoms with van der Waals surface area (Å²) in [6.45, 7) is 6.51. The minimum Gasteiger partial charge on any atom is -0.497 e. The summed E-state index contributed by atoms with van der Waals surface area (Å²) in [5.74, 6) is -0.542. The minimum atomic E-state index is -4.18. The van der Waals surface area contributed by atoms with Gasteiger partial charge in [-0.1, -0.05) is 53.0 Å². The Morgan fingerprint density at radius 2 is 1.62 bits per heavy atom. The van der Waals surface area contributed by atoms with Crippen molar-refractivity contribution in [1.29, 1.82) is 0 Å². The first kappa shape index (κ1) is 31.3. The molecule has 3 aromatic carbocycles. The molecule has 0 saturated heterocycles. The molecule has 0 unspecified atom stereocenters. The van der Waals surface area contributed by atoms with E-state index in [9.17, 15) is 18.0 Å². The molecule has 3 rings (SSSR count). The highest BCUT2D eigenvalue weighted by molar-refractivity contribution is 7.92. The van der Waals surface area contributed by atoms with Crippen molar-refractivity contribution in [2.75, 3.05) is 18.0 Å². The number of rotatable bonds is 11. The van der Waals surface area contributed by atoms with Gasteiger partial charge in [0.1, 0.15) is 18.3 Å². The summed E-state index contributed by atoms with van der Waals surface area (Å²) in [4.78, 5) is 28.3. The van der Waals surface area contributed by atoms with Gasteiger partial charge in [-0.15, -0.1) is 0 Å². The van der Waals surface area contributed by atoms with E-state index in [1.165, 1.54) is 30.2 Å². The van der Waals surface area contributed by atoms with Crippen LogP contribution in [0.4, 0.5) is 5.69 Å². The first-order valence-electron chi connectivity index (χ1n) is 12.6. The summed E-state index contributed by atoms with van der Waals surface area (Å²) in [6.07, 6.45) is 0. The zero-order valence-electron chi connectivity index (χ0n) is 23.0. The molecule has 8 nitrogen and oxygen atoms in total. The zero-order chi connectivity index (χ0) is 29.6. The molecule has 1 N–H and O–H groups in total. The quantitative estimate of drug-likeness (QED) is 0.313. The average molecular weight is 607 g/mol. The van der Waals surface area contributed by atoms with Crippen molar-refractivity contribution in [2.24, 2.45) is 0 Å². The predicted molar refractivity (Wildman–Crippen MR) is 158 cm³/mol. The maximum atomic E-state index is 14.0. The van der Waals surface area contributed by atoms with E-state index in [1.54, 1.807) is 55.5 Å². The van der Waals surface area contributed by atoms with Gasteiger partial charge in [-0.3, -0.25) is 13.9 Å². The molecule has 0 aliphatic rings. The van der Waals surface area contributed by atoms with Gasteiger partial charge in [0.25, 0.3) is 10.0 Å². The Labute approximate surface area is 245 Å². The highest BCUT2D eigenvalue weighted by atomic mass is 35.5. The van der Waals surface area contributed by atoms with E-state index in [4.69, 9.17) is 27.9 Å². The highest BCUT2D eigenvalue weighted by Crippen LogP contribution is 2.28. The van der Waals surface area contributed by atoms with Crippen molar-refractivity contribution in [3.63, 3.8) is 0 Å². The number of carbonyl (C=O) groups excluding carboxylic acids is 2. The van der Waals surface area contributed by atoms with Gasteiger partial charge in [0.15, 0.2) is 0 Å². The van der Waals surface area contributed by atoms with Crippen LogP contribution in [0, 0.1) is 6.92 Å². The van der Waals surface area contributed by atoms with Crippen LogP contribution in [0.1, 0.15) is 31.9 Å². The lowest BCUT2D eigenvalue weighted by Gasteiger charge is -2.32. The van der Waals surface area contributed by atoms with Crippen molar-refractivity contribution in [3.05, 3.63) is 87.9 Å². The molecule has 0 radical (unpaired) electrons. The van der Waals surface area contributed by atoms with Crippen molar-refractivity contribution < 1.29 is 22.7 Å². The van der Waals surface area contributed by atoms with Crippen molar-refractivity contribution in [2.45, 2.75) is 51.2 Å². The number of methoxy groups -OCH3 is 1. The van der Waals surface area contributed by atoms with Crippen LogP contribution in [0.3, 0.4) is 0 Å². The molecule has 0 aromatic heterocycles. The van der Waals surface area contributed by atoms with Crippen LogP contribution in [0.25, 0.3) is 0 Å². The van der Waals surface area contributed by atoms with Crippen LogP contribution in [-0.2, 0) is 26.2 Å². The summed E-state index contributed by atoms with van der Waals surface area (Å²) in [5.41, 5.74) is 1.75. The molecule has 0 saturated carbocycles. The third-order valence-electron chi connectivity index (χ3n) is 6.16. The van der Waals surface area contributed by atoms with Crippen molar-refractivity contribution >= 4 is 50.7 Å². The molecular formula is C29H33Cl2N3O5S. The number of aryl methyl sites for hydroxylation is 1. The van der Waals surface area contributed by atoms with Gasteiger partial charge in [0.2, 0.25) is 11.8 Å². The van der Waals surface area contributed by atoms with Gasteiger partial charge in [-0.25, -0.2) is 8.42 Å². The number of hydrogen-bond donors (Lipinski definition) is 1. The molecule has 0 spiro atoms. The first-order valence-corrected chi connectivity index (χ1v) is 14.8. The second-order valence-corrected chi connectivity index (χ2v) is 12.3. The number of ether oxygens (including phenoxy) is 1. The van der Waals surface area contributed by atoms with E-state index < -0.39 is 28.5 Å². The largest absolute Gasteiger partial charge is 0.497 e. The number of amides is 2. The van der Waals surface area contributed by atoms with E-state index in [0.29, 0.717) is 21.4 Å². The Hall–Kier alpha value is -3.27. The third-order valence-corrected chi connectivity index (χ3v) is 8.69. The van der Waals surface area contributed by atoms with Crippen LogP contribution < -0.4 is 14.4 Å². The van der Waals surface area contributed by atoms with Gasteiger partial charge < -0.3 is 15.0 Å². The summed E-state index contributed by atoms with van der Waals surface area (Å²) >= 11 is 12.3. The zero-order valence-corrected chi connectivity index (χ0v) is 25.3. The Kier molecular flexibility index (Phi) is 10.5. The van der Waals surface area contributed by atoms with E-state index in [2.05, 4.69) is 5.32 Å². The standard InChI is InChI=1S/C29H33Cl2N3O5S/c1-19(2)32-29(36)21(4)33(17-22-11-14-26(30)27(31)15-22)28(35)18-34(23-7-6-8-24(16-23)39-5)40(37,38)25-12-9-20(3)10-13-25/h6-16,19,21H,17-18H2,1-5H3,(H,32,36)/t21-/m0/s1.